The fourth-order valence-electron chi connectivity index (χ4n) is 1.000. The number of carbonyl (C=O) groups is 1. The summed E-state index contributed by atoms with van der Waals surface area (Å²) in [5.41, 5.74) is 0. The van der Waals surface area contributed by atoms with E-state index in [0.29, 0.717) is 6.61 Å². The summed E-state index contributed by atoms with van der Waals surface area (Å²) in [4.78, 5) is 10.7. The Morgan fingerprint density at radius 1 is 1.79 bits per heavy atom. The molecule has 0 aliphatic carbocycles. The van der Waals surface area contributed by atoms with Gasteiger partial charge >= 0.3 is 5.97 Å². The van der Waals surface area contributed by atoms with Crippen molar-refractivity contribution >= 4 is 35.2 Å². The molecule has 0 aliphatic rings. The van der Waals surface area contributed by atoms with Crippen LogP contribution < -0.4 is 9.30 Å². The minimum Gasteiger partial charge on any atom is -0.463 e. The van der Waals surface area contributed by atoms with Crippen molar-refractivity contribution in [1.29, 1.82) is 0 Å². The van der Waals surface area contributed by atoms with Crippen LogP contribution in [0.25, 0.3) is 0 Å². The van der Waals surface area contributed by atoms with Gasteiger partial charge in [0.25, 0.3) is 0 Å². The second kappa shape index (κ2) is 9.34. The summed E-state index contributed by atoms with van der Waals surface area (Å²) in [5, 5.41) is 0. The van der Waals surface area contributed by atoms with Gasteiger partial charge in [-0.05, 0) is 12.5 Å². The van der Waals surface area contributed by atoms with Crippen molar-refractivity contribution in [3.63, 3.8) is 0 Å². The maximum absolute atomic E-state index is 10.7. The lowest BCUT2D eigenvalue weighted by Crippen LogP contribution is -2.40. The summed E-state index contributed by atoms with van der Waals surface area (Å²) >= 11 is 0. The Bertz CT molecular complexity index is 180. The predicted molar refractivity (Wildman–Crippen MR) is 68.3 cm³/mol. The molecule has 0 amide bonds. The second-order valence-electron chi connectivity index (χ2n) is 3.15. The van der Waals surface area contributed by atoms with Gasteiger partial charge in [-0.1, -0.05) is 13.1 Å². The van der Waals surface area contributed by atoms with Crippen LogP contribution in [0.15, 0.2) is 12.7 Å². The summed E-state index contributed by atoms with van der Waals surface area (Å²) in [7, 11) is 0.171. The van der Waals surface area contributed by atoms with Crippen molar-refractivity contribution in [2.24, 2.45) is 0 Å². The van der Waals surface area contributed by atoms with E-state index in [2.05, 4.69) is 22.4 Å². The van der Waals surface area contributed by atoms with Crippen LogP contribution in [0.2, 0.25) is 12.6 Å². The number of hydrogen-bond donors (Lipinski definition) is 2. The Balaban J connectivity index is 3.26. The molecule has 0 fully saturated rings. The van der Waals surface area contributed by atoms with Crippen LogP contribution >= 0.6 is 0 Å². The highest BCUT2D eigenvalue weighted by atomic mass is 28.3. The normalized spacial score (nSPS) is 13.2. The second-order valence-corrected chi connectivity index (χ2v) is 10.3. The van der Waals surface area contributed by atoms with E-state index in [0.717, 1.165) is 16.8 Å². The van der Waals surface area contributed by atoms with Gasteiger partial charge in [0, 0.05) is 6.08 Å². The van der Waals surface area contributed by atoms with Gasteiger partial charge in [0.15, 0.2) is 9.84 Å². The zero-order chi connectivity index (χ0) is 10.8. The lowest BCUT2D eigenvalue weighted by molar-refractivity contribution is -0.137. The summed E-state index contributed by atoms with van der Waals surface area (Å²) in [6.07, 6.45) is 2.17. The van der Waals surface area contributed by atoms with E-state index in [9.17, 15) is 4.79 Å². The first-order valence-electron chi connectivity index (χ1n) is 4.88. The fraction of sp³-hybridized carbons (Fsp3) is 0.571. The SMILES string of the molecule is C=CC(=O)OCCC[SiH](C)N[SiH2]N[SiH3]. The molecule has 4 nitrogen and oxygen atoms in total. The van der Waals surface area contributed by atoms with E-state index in [1.54, 1.807) is 0 Å². The molecule has 0 radical (unpaired) electrons. The molecule has 0 saturated carbocycles. The highest BCUT2D eigenvalue weighted by molar-refractivity contribution is 6.64. The minimum atomic E-state index is -0.737. The molecule has 0 spiro atoms. The quantitative estimate of drug-likeness (QED) is 0.224. The molecule has 14 heavy (non-hydrogen) atoms. The van der Waals surface area contributed by atoms with E-state index in [1.807, 2.05) is 0 Å². The number of hydrogen-bond acceptors (Lipinski definition) is 4. The Morgan fingerprint density at radius 2 is 2.50 bits per heavy atom. The van der Waals surface area contributed by atoms with Gasteiger partial charge in [-0.3, -0.25) is 0 Å². The number of esters is 1. The molecule has 0 rings (SSSR count). The van der Waals surface area contributed by atoms with E-state index >= 15 is 0 Å². The third-order valence-corrected chi connectivity index (χ3v) is 8.11. The van der Waals surface area contributed by atoms with E-state index in [-0.39, 0.29) is 15.8 Å². The Hall–Kier alpha value is -0.219. The van der Waals surface area contributed by atoms with Gasteiger partial charge in [-0.25, -0.2) is 4.79 Å². The molecule has 0 heterocycles. The van der Waals surface area contributed by atoms with Crippen LogP contribution in [0.4, 0.5) is 0 Å². The molecular weight excluding hydrogens is 228 g/mol. The zero-order valence-electron chi connectivity index (χ0n) is 9.01. The third-order valence-electron chi connectivity index (χ3n) is 1.82. The molecule has 1 atom stereocenters. The molecule has 7 heteroatoms. The van der Waals surface area contributed by atoms with Crippen LogP contribution in [0.3, 0.4) is 0 Å². The van der Waals surface area contributed by atoms with Crippen molar-refractivity contribution in [2.75, 3.05) is 6.61 Å². The van der Waals surface area contributed by atoms with Gasteiger partial charge in [0.1, 0.15) is 0 Å². The number of ether oxygens (including phenoxy) is 1. The molecule has 0 aromatic heterocycles. The Kier molecular flexibility index (Phi) is 9.19. The van der Waals surface area contributed by atoms with Gasteiger partial charge in [-0.2, -0.15) is 0 Å². The van der Waals surface area contributed by atoms with Crippen LogP contribution in [-0.4, -0.2) is 41.8 Å². The van der Waals surface area contributed by atoms with Gasteiger partial charge in [-0.15, -0.1) is 0 Å². The van der Waals surface area contributed by atoms with E-state index in [1.165, 1.54) is 12.1 Å². The molecule has 0 bridgehead atoms. The highest BCUT2D eigenvalue weighted by Crippen LogP contribution is 1.95. The monoisotopic (exact) mass is 248 g/mol. The highest BCUT2D eigenvalue weighted by Gasteiger charge is 2.02. The van der Waals surface area contributed by atoms with Crippen molar-refractivity contribution < 1.29 is 9.53 Å². The number of carbonyl (C=O) groups excluding carboxylic acids is 1. The Morgan fingerprint density at radius 3 is 3.07 bits per heavy atom. The molecule has 2 N–H and O–H groups in total. The fourth-order valence-corrected chi connectivity index (χ4v) is 6.64. The number of nitrogens with one attached hydrogen (secondary N) is 2. The molecular formula is C7H20N2O2Si3. The van der Waals surface area contributed by atoms with Gasteiger partial charge in [0.05, 0.1) is 26.0 Å². The number of rotatable bonds is 8. The summed E-state index contributed by atoms with van der Waals surface area (Å²) in [6.45, 7) is 6.16. The maximum atomic E-state index is 10.7. The molecule has 1 unspecified atom stereocenters. The van der Waals surface area contributed by atoms with E-state index < -0.39 is 8.96 Å². The van der Waals surface area contributed by atoms with Crippen LogP contribution in [0.5, 0.6) is 0 Å². The van der Waals surface area contributed by atoms with Crippen molar-refractivity contribution in [1.82, 2.24) is 9.30 Å². The van der Waals surface area contributed by atoms with Crippen LogP contribution in [0.1, 0.15) is 6.42 Å². The van der Waals surface area contributed by atoms with Gasteiger partial charge in [0.2, 0.25) is 0 Å². The molecule has 0 aromatic rings. The average molecular weight is 249 g/mol. The van der Waals surface area contributed by atoms with Crippen molar-refractivity contribution in [3.8, 4) is 0 Å². The van der Waals surface area contributed by atoms with Crippen LogP contribution in [0, 0.1) is 0 Å². The summed E-state index contributed by atoms with van der Waals surface area (Å²) in [5.74, 6) is -0.317. The standard InChI is InChI=1S/C7H20N2O2Si3/c1-3-7(10)11-5-4-6-14(2)9-13-8-12/h3,8-9,14H,1,4-6,13H2,2,12H3. The predicted octanol–water partition coefficient (Wildman–Crippen LogP) is -2.08. The lowest BCUT2D eigenvalue weighted by atomic mass is 10.5. The first-order chi connectivity index (χ1) is 6.70. The zero-order valence-corrected chi connectivity index (χ0v) is 13.6. The first-order valence-corrected chi connectivity index (χ1v) is 9.84. The van der Waals surface area contributed by atoms with Crippen molar-refractivity contribution in [3.05, 3.63) is 12.7 Å². The third kappa shape index (κ3) is 8.38. The first kappa shape index (κ1) is 13.8. The van der Waals surface area contributed by atoms with Crippen LogP contribution in [-0.2, 0) is 9.53 Å². The lowest BCUT2D eigenvalue weighted by Gasteiger charge is -2.10. The minimum absolute atomic E-state index is 0.181. The topological polar surface area (TPSA) is 50.4 Å². The Labute approximate surface area is 92.7 Å². The molecule has 0 saturated heterocycles. The smallest absolute Gasteiger partial charge is 0.330 e. The molecule has 0 aliphatic heterocycles. The maximum Gasteiger partial charge on any atom is 0.330 e. The largest absolute Gasteiger partial charge is 0.463 e. The summed E-state index contributed by atoms with van der Waals surface area (Å²) < 4.78 is 11.8. The van der Waals surface area contributed by atoms with Gasteiger partial charge < -0.3 is 14.0 Å². The van der Waals surface area contributed by atoms with E-state index in [4.69, 9.17) is 4.74 Å². The molecule has 0 aromatic carbocycles. The summed E-state index contributed by atoms with van der Waals surface area (Å²) in [6, 6.07) is 1.18. The van der Waals surface area contributed by atoms with Crippen molar-refractivity contribution in [2.45, 2.75) is 19.0 Å². The molecule has 82 valence electrons. The average Bonchev–Trinajstić information content (AvgIpc) is 2.21.